The minimum Gasteiger partial charge on any atom is -0.300 e. The first kappa shape index (κ1) is 20.1. The smallest absolute Gasteiger partial charge is 0.178 e. The number of likely N-dealkylation sites (tertiary alicyclic amines) is 1. The molecule has 4 heteroatoms. The lowest BCUT2D eigenvalue weighted by molar-refractivity contribution is 0.272. The van der Waals surface area contributed by atoms with Crippen LogP contribution in [0.1, 0.15) is 39.2 Å². The summed E-state index contributed by atoms with van der Waals surface area (Å²) < 4.78 is 24.7. The van der Waals surface area contributed by atoms with Crippen LogP contribution in [0.3, 0.4) is 0 Å². The molecule has 1 heterocycles. The van der Waals surface area contributed by atoms with Crippen molar-refractivity contribution in [1.82, 2.24) is 4.90 Å². The molecule has 0 saturated carbocycles. The molecule has 1 aliphatic rings. The largest absolute Gasteiger partial charge is 0.300 e. The molecule has 0 radical (unpaired) electrons. The van der Waals surface area contributed by atoms with Crippen LogP contribution in [0.15, 0.2) is 53.4 Å². The molecular weight excluding hydrogens is 354 g/mol. The maximum atomic E-state index is 12.3. The Morgan fingerprint density at radius 3 is 2.11 bits per heavy atom. The Hall–Kier alpha value is -1.65. The van der Waals surface area contributed by atoms with Crippen LogP contribution < -0.4 is 0 Å². The minimum absolute atomic E-state index is 0.130. The molecule has 0 amide bonds. The third-order valence-corrected chi connectivity index (χ3v) is 7.53. The number of nitrogens with zero attached hydrogens (tertiary/aromatic N) is 1. The summed E-state index contributed by atoms with van der Waals surface area (Å²) in [6.45, 7) is 8.53. The molecule has 146 valence electrons. The molecule has 0 spiro atoms. The highest BCUT2D eigenvalue weighted by Crippen LogP contribution is 2.24. The van der Waals surface area contributed by atoms with Gasteiger partial charge < -0.3 is 4.90 Å². The summed E-state index contributed by atoms with van der Waals surface area (Å²) in [4.78, 5) is 2.99. The molecule has 27 heavy (non-hydrogen) atoms. The van der Waals surface area contributed by atoms with E-state index in [2.05, 4.69) is 36.1 Å². The lowest BCUT2D eigenvalue weighted by Crippen LogP contribution is -2.28. The quantitative estimate of drug-likeness (QED) is 0.686. The van der Waals surface area contributed by atoms with Gasteiger partial charge in [-0.3, -0.25) is 0 Å². The topological polar surface area (TPSA) is 37.4 Å². The molecular formula is C23H31NO2S. The Balaban J connectivity index is 1.64. The summed E-state index contributed by atoms with van der Waals surface area (Å²) in [7, 11) is -3.19. The molecule has 0 unspecified atom stereocenters. The first-order valence-corrected chi connectivity index (χ1v) is 11.7. The highest BCUT2D eigenvalue weighted by molar-refractivity contribution is 7.91. The van der Waals surface area contributed by atoms with E-state index in [-0.39, 0.29) is 11.7 Å². The molecule has 1 atom stereocenters. The average Bonchev–Trinajstić information content (AvgIpc) is 3.04. The Morgan fingerprint density at radius 2 is 1.59 bits per heavy atom. The van der Waals surface area contributed by atoms with Gasteiger partial charge in [0.05, 0.1) is 10.6 Å². The van der Waals surface area contributed by atoms with Crippen molar-refractivity contribution in [3.63, 3.8) is 0 Å². The maximum Gasteiger partial charge on any atom is 0.178 e. The van der Waals surface area contributed by atoms with E-state index in [9.17, 15) is 8.42 Å². The molecule has 1 aliphatic heterocycles. The highest BCUT2D eigenvalue weighted by atomic mass is 32.2. The zero-order valence-electron chi connectivity index (χ0n) is 16.7. The van der Waals surface area contributed by atoms with Gasteiger partial charge in [0.2, 0.25) is 0 Å². The average molecular weight is 386 g/mol. The third-order valence-electron chi connectivity index (χ3n) is 5.43. The van der Waals surface area contributed by atoms with Gasteiger partial charge >= 0.3 is 0 Å². The van der Waals surface area contributed by atoms with E-state index in [4.69, 9.17) is 0 Å². The molecule has 3 rings (SSSR count). The Labute approximate surface area is 164 Å². The van der Waals surface area contributed by atoms with Gasteiger partial charge in [-0.05, 0) is 67.5 Å². The summed E-state index contributed by atoms with van der Waals surface area (Å²) in [6, 6.07) is 16.7. The van der Waals surface area contributed by atoms with Gasteiger partial charge in [-0.15, -0.1) is 0 Å². The van der Waals surface area contributed by atoms with Crippen molar-refractivity contribution in [3.05, 3.63) is 54.1 Å². The van der Waals surface area contributed by atoms with Gasteiger partial charge in [-0.2, -0.15) is 0 Å². The van der Waals surface area contributed by atoms with E-state index >= 15 is 0 Å². The number of benzene rings is 2. The van der Waals surface area contributed by atoms with Gasteiger partial charge in [0.15, 0.2) is 9.84 Å². The summed E-state index contributed by atoms with van der Waals surface area (Å²) >= 11 is 0. The van der Waals surface area contributed by atoms with Crippen LogP contribution in [-0.4, -0.2) is 38.2 Å². The standard InChI is InChI=1S/C23H31NO2S/c1-18(2)17-27(25,26)23-12-10-22(11-13-23)21-8-6-20(7-9-21)14-16-24-15-4-5-19(24)3/h6-13,18-19H,4-5,14-17H2,1-3H3/t19-/m1/s1. The van der Waals surface area contributed by atoms with Crippen molar-refractivity contribution >= 4 is 9.84 Å². The first-order valence-electron chi connectivity index (χ1n) is 10.0. The predicted molar refractivity (Wildman–Crippen MR) is 113 cm³/mol. The lowest BCUT2D eigenvalue weighted by Gasteiger charge is -2.20. The second-order valence-corrected chi connectivity index (χ2v) is 10.2. The van der Waals surface area contributed by atoms with E-state index in [0.717, 1.165) is 30.1 Å². The molecule has 0 aliphatic carbocycles. The van der Waals surface area contributed by atoms with Crippen LogP contribution in [0.2, 0.25) is 0 Å². The fourth-order valence-corrected chi connectivity index (χ4v) is 5.47. The van der Waals surface area contributed by atoms with Crippen LogP contribution in [0, 0.1) is 5.92 Å². The first-order chi connectivity index (χ1) is 12.8. The fourth-order valence-electron chi connectivity index (χ4n) is 3.85. The molecule has 0 aromatic heterocycles. The number of rotatable bonds is 7. The maximum absolute atomic E-state index is 12.3. The molecule has 0 bridgehead atoms. The van der Waals surface area contributed by atoms with Crippen molar-refractivity contribution in [2.45, 2.75) is 51.0 Å². The summed E-state index contributed by atoms with van der Waals surface area (Å²) in [5.74, 6) is 0.321. The Morgan fingerprint density at radius 1 is 1.00 bits per heavy atom. The summed E-state index contributed by atoms with van der Waals surface area (Å²) in [6.07, 6.45) is 3.72. The number of hydrogen-bond donors (Lipinski definition) is 0. The van der Waals surface area contributed by atoms with Crippen molar-refractivity contribution < 1.29 is 8.42 Å². The van der Waals surface area contributed by atoms with E-state index in [0.29, 0.717) is 4.90 Å². The van der Waals surface area contributed by atoms with Gasteiger partial charge in [0.1, 0.15) is 0 Å². The molecule has 1 saturated heterocycles. The van der Waals surface area contributed by atoms with E-state index in [1.165, 1.54) is 24.9 Å². The van der Waals surface area contributed by atoms with E-state index in [1.807, 2.05) is 26.0 Å². The van der Waals surface area contributed by atoms with Gasteiger partial charge in [0.25, 0.3) is 0 Å². The molecule has 3 nitrogen and oxygen atoms in total. The van der Waals surface area contributed by atoms with E-state index in [1.54, 1.807) is 12.1 Å². The summed E-state index contributed by atoms with van der Waals surface area (Å²) in [5.41, 5.74) is 3.54. The van der Waals surface area contributed by atoms with Crippen molar-refractivity contribution in [1.29, 1.82) is 0 Å². The number of sulfone groups is 1. The molecule has 1 fully saturated rings. The van der Waals surface area contributed by atoms with Gasteiger partial charge in [-0.25, -0.2) is 8.42 Å². The van der Waals surface area contributed by atoms with Crippen molar-refractivity contribution in [2.75, 3.05) is 18.8 Å². The van der Waals surface area contributed by atoms with Gasteiger partial charge in [0, 0.05) is 12.6 Å². The second kappa shape index (κ2) is 8.57. The zero-order valence-corrected chi connectivity index (χ0v) is 17.5. The molecule has 0 N–H and O–H groups in total. The third kappa shape index (κ3) is 5.20. The summed E-state index contributed by atoms with van der Waals surface area (Å²) in [5, 5.41) is 0. The Bertz CT molecular complexity index is 839. The normalized spacial score (nSPS) is 18.3. The Kier molecular flexibility index (Phi) is 6.38. The lowest BCUT2D eigenvalue weighted by atomic mass is 10.0. The monoisotopic (exact) mass is 385 g/mol. The van der Waals surface area contributed by atoms with Crippen molar-refractivity contribution in [3.8, 4) is 11.1 Å². The van der Waals surface area contributed by atoms with Crippen LogP contribution in [0.4, 0.5) is 0 Å². The number of hydrogen-bond acceptors (Lipinski definition) is 3. The van der Waals surface area contributed by atoms with Crippen LogP contribution in [0.5, 0.6) is 0 Å². The molecule has 2 aromatic carbocycles. The minimum atomic E-state index is -3.19. The van der Waals surface area contributed by atoms with Crippen LogP contribution in [-0.2, 0) is 16.3 Å². The zero-order chi connectivity index (χ0) is 19.4. The van der Waals surface area contributed by atoms with Crippen LogP contribution >= 0.6 is 0 Å². The SMILES string of the molecule is CC(C)CS(=O)(=O)c1ccc(-c2ccc(CCN3CCC[C@H]3C)cc2)cc1. The van der Waals surface area contributed by atoms with Gasteiger partial charge in [-0.1, -0.05) is 50.2 Å². The van der Waals surface area contributed by atoms with Crippen molar-refractivity contribution in [2.24, 2.45) is 5.92 Å². The second-order valence-electron chi connectivity index (χ2n) is 8.17. The highest BCUT2D eigenvalue weighted by Gasteiger charge is 2.19. The molecule has 2 aromatic rings. The predicted octanol–water partition coefficient (Wildman–Crippen LogP) is 4.81. The van der Waals surface area contributed by atoms with Crippen LogP contribution in [0.25, 0.3) is 11.1 Å². The van der Waals surface area contributed by atoms with E-state index < -0.39 is 9.84 Å². The fraction of sp³-hybridized carbons (Fsp3) is 0.478.